The second-order valence-electron chi connectivity index (χ2n) is 4.52. The number of anilines is 1. The average Bonchev–Trinajstić information content (AvgIpc) is 2.56. The van der Waals surface area contributed by atoms with Gasteiger partial charge in [-0.2, -0.15) is 0 Å². The van der Waals surface area contributed by atoms with Gasteiger partial charge in [-0.25, -0.2) is 0 Å². The molecule has 1 atom stereocenters. The Morgan fingerprint density at radius 1 is 1.56 bits per heavy atom. The van der Waals surface area contributed by atoms with E-state index in [0.29, 0.717) is 24.4 Å². The molecular formula is C13H17BrN2O2. The Morgan fingerprint density at radius 2 is 2.33 bits per heavy atom. The van der Waals surface area contributed by atoms with E-state index >= 15 is 0 Å². The lowest BCUT2D eigenvalue weighted by atomic mass is 10.1. The van der Waals surface area contributed by atoms with Crippen LogP contribution in [0.1, 0.15) is 23.7 Å². The first-order chi connectivity index (χ1) is 8.58. The van der Waals surface area contributed by atoms with Gasteiger partial charge in [0.2, 0.25) is 0 Å². The van der Waals surface area contributed by atoms with Crippen LogP contribution in [0.4, 0.5) is 5.69 Å². The zero-order chi connectivity index (χ0) is 13.1. The van der Waals surface area contributed by atoms with Crippen LogP contribution >= 0.6 is 15.9 Å². The van der Waals surface area contributed by atoms with Gasteiger partial charge in [0.15, 0.2) is 0 Å². The van der Waals surface area contributed by atoms with Crippen molar-refractivity contribution in [1.29, 1.82) is 0 Å². The normalized spacial score (nSPS) is 20.6. The maximum Gasteiger partial charge on any atom is 0.254 e. The van der Waals surface area contributed by atoms with Crippen LogP contribution in [0, 0.1) is 0 Å². The highest BCUT2D eigenvalue weighted by Gasteiger charge is 2.21. The maximum atomic E-state index is 12.4. The molecule has 1 aromatic rings. The van der Waals surface area contributed by atoms with Crippen molar-refractivity contribution in [2.45, 2.75) is 19.4 Å². The van der Waals surface area contributed by atoms with Crippen LogP contribution in [0.15, 0.2) is 22.7 Å². The SMILES string of the molecule is CC1CN(C(=O)c2ccc(Br)c(N)c2)CCCO1. The van der Waals surface area contributed by atoms with Crippen molar-refractivity contribution in [3.8, 4) is 0 Å². The van der Waals surface area contributed by atoms with E-state index in [0.717, 1.165) is 17.4 Å². The first-order valence-electron chi connectivity index (χ1n) is 6.04. The number of hydrogen-bond acceptors (Lipinski definition) is 3. The van der Waals surface area contributed by atoms with E-state index in [4.69, 9.17) is 10.5 Å². The standard InChI is InChI=1S/C13H17BrN2O2/c1-9-8-16(5-2-6-18-9)13(17)10-3-4-11(14)12(15)7-10/h3-4,7,9H,2,5-6,8,15H2,1H3. The van der Waals surface area contributed by atoms with Gasteiger partial charge in [0.05, 0.1) is 6.10 Å². The summed E-state index contributed by atoms with van der Waals surface area (Å²) in [7, 11) is 0. The van der Waals surface area contributed by atoms with Crippen molar-refractivity contribution < 1.29 is 9.53 Å². The minimum atomic E-state index is 0.0200. The van der Waals surface area contributed by atoms with Crippen molar-refractivity contribution in [3.05, 3.63) is 28.2 Å². The van der Waals surface area contributed by atoms with E-state index < -0.39 is 0 Å². The molecule has 0 aliphatic carbocycles. The first-order valence-corrected chi connectivity index (χ1v) is 6.83. The lowest BCUT2D eigenvalue weighted by molar-refractivity contribution is 0.0563. The molecule has 4 nitrogen and oxygen atoms in total. The highest BCUT2D eigenvalue weighted by atomic mass is 79.9. The number of amides is 1. The molecular weight excluding hydrogens is 296 g/mol. The third-order valence-electron chi connectivity index (χ3n) is 2.98. The van der Waals surface area contributed by atoms with Crippen LogP contribution in [0.5, 0.6) is 0 Å². The predicted molar refractivity (Wildman–Crippen MR) is 74.5 cm³/mol. The Bertz CT molecular complexity index is 451. The molecule has 0 radical (unpaired) electrons. The largest absolute Gasteiger partial charge is 0.398 e. The monoisotopic (exact) mass is 312 g/mol. The van der Waals surface area contributed by atoms with E-state index in [9.17, 15) is 4.79 Å². The fourth-order valence-corrected chi connectivity index (χ4v) is 2.28. The molecule has 98 valence electrons. The van der Waals surface area contributed by atoms with Crippen molar-refractivity contribution in [1.82, 2.24) is 4.90 Å². The number of nitrogens with two attached hydrogens (primary N) is 1. The highest BCUT2D eigenvalue weighted by Crippen LogP contribution is 2.21. The molecule has 0 spiro atoms. The average molecular weight is 313 g/mol. The third kappa shape index (κ3) is 3.03. The highest BCUT2D eigenvalue weighted by molar-refractivity contribution is 9.10. The first kappa shape index (κ1) is 13.4. The molecule has 2 N–H and O–H groups in total. The van der Waals surface area contributed by atoms with Gasteiger partial charge in [-0.3, -0.25) is 4.79 Å². The summed E-state index contributed by atoms with van der Waals surface area (Å²) in [6.45, 7) is 4.07. The molecule has 0 aromatic heterocycles. The van der Waals surface area contributed by atoms with Gasteiger partial charge in [-0.1, -0.05) is 0 Å². The molecule has 2 rings (SSSR count). The quantitative estimate of drug-likeness (QED) is 0.809. The summed E-state index contributed by atoms with van der Waals surface area (Å²) in [5.74, 6) is 0.0200. The zero-order valence-corrected chi connectivity index (χ0v) is 11.9. The molecule has 1 aliphatic heterocycles. The molecule has 1 aromatic carbocycles. The Hall–Kier alpha value is -1.07. The summed E-state index contributed by atoms with van der Waals surface area (Å²) in [5, 5.41) is 0. The summed E-state index contributed by atoms with van der Waals surface area (Å²) in [6, 6.07) is 5.31. The van der Waals surface area contributed by atoms with Crippen molar-refractivity contribution in [2.24, 2.45) is 0 Å². The molecule has 1 aliphatic rings. The fourth-order valence-electron chi connectivity index (χ4n) is 2.04. The number of carbonyl (C=O) groups is 1. The third-order valence-corrected chi connectivity index (χ3v) is 3.70. The topological polar surface area (TPSA) is 55.6 Å². The van der Waals surface area contributed by atoms with Crippen LogP contribution in [0.3, 0.4) is 0 Å². The van der Waals surface area contributed by atoms with E-state index in [1.165, 1.54) is 0 Å². The predicted octanol–water partition coefficient (Wildman–Crippen LogP) is 2.28. The summed E-state index contributed by atoms with van der Waals surface area (Å²) in [5.41, 5.74) is 7.02. The lowest BCUT2D eigenvalue weighted by Gasteiger charge is -2.22. The number of benzene rings is 1. The van der Waals surface area contributed by atoms with Crippen LogP contribution < -0.4 is 5.73 Å². The number of hydrogen-bond donors (Lipinski definition) is 1. The molecule has 1 fully saturated rings. The van der Waals surface area contributed by atoms with Gasteiger partial charge in [0.25, 0.3) is 5.91 Å². The van der Waals surface area contributed by atoms with Gasteiger partial charge >= 0.3 is 0 Å². The maximum absolute atomic E-state index is 12.4. The smallest absolute Gasteiger partial charge is 0.254 e. The number of halogens is 1. The number of ether oxygens (including phenoxy) is 1. The lowest BCUT2D eigenvalue weighted by Crippen LogP contribution is -2.35. The molecule has 0 saturated carbocycles. The van der Waals surface area contributed by atoms with Gasteiger partial charge in [-0.05, 0) is 47.5 Å². The molecule has 5 heteroatoms. The van der Waals surface area contributed by atoms with Crippen molar-refractivity contribution in [2.75, 3.05) is 25.4 Å². The Kier molecular flexibility index (Phi) is 4.24. The number of rotatable bonds is 1. The van der Waals surface area contributed by atoms with Crippen molar-refractivity contribution in [3.63, 3.8) is 0 Å². The number of carbonyl (C=O) groups excluding carboxylic acids is 1. The van der Waals surface area contributed by atoms with Gasteiger partial charge in [0.1, 0.15) is 0 Å². The van der Waals surface area contributed by atoms with E-state index in [1.54, 1.807) is 18.2 Å². The summed E-state index contributed by atoms with van der Waals surface area (Å²) < 4.78 is 6.35. The number of nitrogens with zero attached hydrogens (tertiary/aromatic N) is 1. The van der Waals surface area contributed by atoms with Gasteiger partial charge in [0, 0.05) is 35.4 Å². The number of nitrogen functional groups attached to an aromatic ring is 1. The minimum Gasteiger partial charge on any atom is -0.398 e. The Morgan fingerprint density at radius 3 is 3.06 bits per heavy atom. The van der Waals surface area contributed by atoms with Crippen LogP contribution in [-0.2, 0) is 4.74 Å². The molecule has 1 unspecified atom stereocenters. The van der Waals surface area contributed by atoms with E-state index in [2.05, 4.69) is 15.9 Å². The second-order valence-corrected chi connectivity index (χ2v) is 5.38. The second kappa shape index (κ2) is 5.71. The molecule has 1 saturated heterocycles. The van der Waals surface area contributed by atoms with Gasteiger partial charge < -0.3 is 15.4 Å². The van der Waals surface area contributed by atoms with Crippen LogP contribution in [-0.4, -0.2) is 36.6 Å². The van der Waals surface area contributed by atoms with E-state index in [1.807, 2.05) is 11.8 Å². The Labute approximate surface area is 115 Å². The minimum absolute atomic E-state index is 0.0200. The van der Waals surface area contributed by atoms with Gasteiger partial charge in [-0.15, -0.1) is 0 Å². The molecule has 1 amide bonds. The summed E-state index contributed by atoms with van der Waals surface area (Å²) in [4.78, 5) is 14.2. The summed E-state index contributed by atoms with van der Waals surface area (Å²) >= 11 is 3.33. The zero-order valence-electron chi connectivity index (χ0n) is 10.4. The molecule has 18 heavy (non-hydrogen) atoms. The Balaban J connectivity index is 2.16. The van der Waals surface area contributed by atoms with Crippen LogP contribution in [0.2, 0.25) is 0 Å². The molecule has 0 bridgehead atoms. The van der Waals surface area contributed by atoms with E-state index in [-0.39, 0.29) is 12.0 Å². The van der Waals surface area contributed by atoms with Crippen LogP contribution in [0.25, 0.3) is 0 Å². The summed E-state index contributed by atoms with van der Waals surface area (Å²) in [6.07, 6.45) is 0.964. The molecule has 1 heterocycles. The van der Waals surface area contributed by atoms with Crippen molar-refractivity contribution >= 4 is 27.5 Å². The fraction of sp³-hybridized carbons (Fsp3) is 0.462.